The Bertz CT molecular complexity index is 1260. The van der Waals surface area contributed by atoms with Crippen LogP contribution in [0, 0.1) is 18.7 Å². The van der Waals surface area contributed by atoms with Crippen LogP contribution >= 0.6 is 0 Å². The van der Waals surface area contributed by atoms with Crippen LogP contribution in [0.3, 0.4) is 0 Å². The summed E-state index contributed by atoms with van der Waals surface area (Å²) in [5.41, 5.74) is 5.67. The summed E-state index contributed by atoms with van der Waals surface area (Å²) in [6, 6.07) is 21.3. The van der Waals surface area contributed by atoms with E-state index < -0.39 is 0 Å². The van der Waals surface area contributed by atoms with Gasteiger partial charge in [0.15, 0.2) is 5.78 Å². The quantitative estimate of drug-likeness (QED) is 0.409. The SMILES string of the molecule is Cc1c(F)cccc1C(=O)C1CC2CCC(C1)N2C(=O)OCC1c2ccccc2-c2ccccc21. The number of ether oxygens (including phenoxy) is 1. The zero-order valence-corrected chi connectivity index (χ0v) is 19.7. The molecule has 4 nitrogen and oxygen atoms in total. The largest absolute Gasteiger partial charge is 0.448 e. The van der Waals surface area contributed by atoms with E-state index >= 15 is 0 Å². The van der Waals surface area contributed by atoms with Crippen LogP contribution < -0.4 is 0 Å². The summed E-state index contributed by atoms with van der Waals surface area (Å²) in [4.78, 5) is 28.3. The molecule has 3 aliphatic rings. The highest BCUT2D eigenvalue weighted by Crippen LogP contribution is 2.45. The van der Waals surface area contributed by atoms with Gasteiger partial charge in [-0.25, -0.2) is 9.18 Å². The standard InChI is InChI=1S/C30H28FNO3/c1-18-22(11-6-12-28(18)31)29(33)19-15-20-13-14-21(16-19)32(20)30(34)35-17-27-25-9-4-2-7-23(25)24-8-3-5-10-26(24)27/h2-12,19-21,27H,13-17H2,1H3. The lowest BCUT2D eigenvalue weighted by Gasteiger charge is -2.38. The third-order valence-corrected chi connectivity index (χ3v) is 8.18. The first-order chi connectivity index (χ1) is 17.0. The number of ketones is 1. The summed E-state index contributed by atoms with van der Waals surface area (Å²) >= 11 is 0. The summed E-state index contributed by atoms with van der Waals surface area (Å²) in [5.74, 6) is -0.523. The summed E-state index contributed by atoms with van der Waals surface area (Å²) in [5, 5.41) is 0. The first-order valence-electron chi connectivity index (χ1n) is 12.5. The molecule has 35 heavy (non-hydrogen) atoms. The van der Waals surface area contributed by atoms with E-state index in [1.807, 2.05) is 29.2 Å². The van der Waals surface area contributed by atoms with Crippen molar-refractivity contribution in [3.05, 3.63) is 94.8 Å². The minimum Gasteiger partial charge on any atom is -0.448 e. The minimum atomic E-state index is -0.352. The number of amides is 1. The van der Waals surface area contributed by atoms with E-state index in [4.69, 9.17) is 4.74 Å². The van der Waals surface area contributed by atoms with E-state index in [0.29, 0.717) is 30.6 Å². The number of piperidine rings is 1. The number of benzene rings is 3. The molecule has 0 saturated carbocycles. The van der Waals surface area contributed by atoms with Gasteiger partial charge in [0.1, 0.15) is 12.4 Å². The van der Waals surface area contributed by atoms with Crippen LogP contribution in [0.1, 0.15) is 58.6 Å². The maximum atomic E-state index is 14.0. The number of rotatable bonds is 4. The maximum absolute atomic E-state index is 14.0. The third-order valence-electron chi connectivity index (χ3n) is 8.18. The molecule has 2 fully saturated rings. The van der Waals surface area contributed by atoms with Crippen molar-refractivity contribution in [1.29, 1.82) is 0 Å². The van der Waals surface area contributed by atoms with E-state index in [1.165, 1.54) is 28.3 Å². The molecule has 0 N–H and O–H groups in total. The Morgan fingerprint density at radius 2 is 1.49 bits per heavy atom. The second-order valence-electron chi connectivity index (χ2n) is 10.0. The van der Waals surface area contributed by atoms with Crippen molar-refractivity contribution >= 4 is 11.9 Å². The number of Topliss-reactive ketones (excluding diaryl/α,β-unsaturated/α-hetero) is 1. The predicted molar refractivity (Wildman–Crippen MR) is 132 cm³/mol. The Morgan fingerprint density at radius 3 is 2.11 bits per heavy atom. The van der Waals surface area contributed by atoms with Gasteiger partial charge in [-0.15, -0.1) is 0 Å². The molecule has 178 valence electrons. The Kier molecular flexibility index (Phi) is 5.43. The second-order valence-corrected chi connectivity index (χ2v) is 10.0. The summed E-state index contributed by atoms with van der Waals surface area (Å²) < 4.78 is 19.9. The van der Waals surface area contributed by atoms with Crippen LogP contribution in [0.5, 0.6) is 0 Å². The molecular formula is C30H28FNO3. The number of carbonyl (C=O) groups is 2. The molecule has 1 amide bonds. The van der Waals surface area contributed by atoms with Crippen LogP contribution in [0.4, 0.5) is 9.18 Å². The van der Waals surface area contributed by atoms with Gasteiger partial charge in [-0.2, -0.15) is 0 Å². The van der Waals surface area contributed by atoms with E-state index in [0.717, 1.165) is 12.8 Å². The van der Waals surface area contributed by atoms with Gasteiger partial charge in [-0.3, -0.25) is 4.79 Å². The molecule has 2 unspecified atom stereocenters. The van der Waals surface area contributed by atoms with Crippen LogP contribution in [0.25, 0.3) is 11.1 Å². The van der Waals surface area contributed by atoms with E-state index in [9.17, 15) is 14.0 Å². The topological polar surface area (TPSA) is 46.6 Å². The van der Waals surface area contributed by atoms with Gasteiger partial charge in [0.25, 0.3) is 0 Å². The number of nitrogens with zero attached hydrogens (tertiary/aromatic N) is 1. The molecule has 6 rings (SSSR count). The van der Waals surface area contributed by atoms with Crippen molar-refractivity contribution in [2.75, 3.05) is 6.61 Å². The highest BCUT2D eigenvalue weighted by molar-refractivity contribution is 5.99. The molecule has 0 aromatic heterocycles. The van der Waals surface area contributed by atoms with Crippen LogP contribution in [-0.4, -0.2) is 35.5 Å². The molecule has 0 radical (unpaired) electrons. The van der Waals surface area contributed by atoms with Gasteiger partial charge in [0.05, 0.1) is 0 Å². The van der Waals surface area contributed by atoms with Gasteiger partial charge < -0.3 is 9.64 Å². The van der Waals surface area contributed by atoms with E-state index in [1.54, 1.807) is 19.1 Å². The lowest BCUT2D eigenvalue weighted by Crippen LogP contribution is -2.48. The summed E-state index contributed by atoms with van der Waals surface area (Å²) in [7, 11) is 0. The fraction of sp³-hybridized carbons (Fsp3) is 0.333. The fourth-order valence-electron chi connectivity index (χ4n) is 6.45. The first kappa shape index (κ1) is 22.0. The monoisotopic (exact) mass is 469 g/mol. The van der Waals surface area contributed by atoms with Crippen LogP contribution in [-0.2, 0) is 4.74 Å². The van der Waals surface area contributed by atoms with Crippen molar-refractivity contribution in [2.45, 2.75) is 50.6 Å². The Morgan fingerprint density at radius 1 is 0.886 bits per heavy atom. The predicted octanol–water partition coefficient (Wildman–Crippen LogP) is 6.51. The van der Waals surface area contributed by atoms with Gasteiger partial charge in [0.2, 0.25) is 0 Å². The summed E-state index contributed by atoms with van der Waals surface area (Å²) in [6.45, 7) is 1.95. The average Bonchev–Trinajstić information content (AvgIpc) is 3.34. The van der Waals surface area contributed by atoms with Crippen molar-refractivity contribution in [3.8, 4) is 11.1 Å². The molecule has 2 atom stereocenters. The van der Waals surface area contributed by atoms with Crippen molar-refractivity contribution in [3.63, 3.8) is 0 Å². The van der Waals surface area contributed by atoms with E-state index in [2.05, 4.69) is 24.3 Å². The number of fused-ring (bicyclic) bond motifs is 5. The minimum absolute atomic E-state index is 0.00721. The lowest BCUT2D eigenvalue weighted by atomic mass is 9.84. The molecule has 3 aromatic carbocycles. The van der Waals surface area contributed by atoms with Crippen molar-refractivity contribution in [2.24, 2.45) is 5.92 Å². The molecule has 2 saturated heterocycles. The lowest BCUT2D eigenvalue weighted by molar-refractivity contribution is 0.0505. The molecule has 2 heterocycles. The molecular weight excluding hydrogens is 441 g/mol. The van der Waals surface area contributed by atoms with Gasteiger partial charge >= 0.3 is 6.09 Å². The molecule has 2 aliphatic heterocycles. The smallest absolute Gasteiger partial charge is 0.410 e. The van der Waals surface area contributed by atoms with Gasteiger partial charge in [-0.05, 0) is 66.5 Å². The zero-order chi connectivity index (χ0) is 24.1. The number of carbonyl (C=O) groups excluding carboxylic acids is 2. The number of hydrogen-bond acceptors (Lipinski definition) is 3. The molecule has 3 aromatic rings. The normalized spacial score (nSPS) is 22.6. The average molecular weight is 470 g/mol. The molecule has 1 aliphatic carbocycles. The number of halogens is 1. The fourth-order valence-corrected chi connectivity index (χ4v) is 6.45. The Hall–Kier alpha value is -3.47. The van der Waals surface area contributed by atoms with E-state index in [-0.39, 0.29) is 41.6 Å². The zero-order valence-electron chi connectivity index (χ0n) is 19.7. The highest BCUT2D eigenvalue weighted by Gasteiger charge is 2.46. The first-order valence-corrected chi connectivity index (χ1v) is 12.5. The Balaban J connectivity index is 1.15. The maximum Gasteiger partial charge on any atom is 0.410 e. The van der Waals surface area contributed by atoms with Crippen LogP contribution in [0.15, 0.2) is 66.7 Å². The Labute approximate surface area is 204 Å². The number of hydrogen-bond donors (Lipinski definition) is 0. The molecule has 0 spiro atoms. The molecule has 2 bridgehead atoms. The van der Waals surface area contributed by atoms with Gasteiger partial charge in [0, 0.05) is 29.5 Å². The summed E-state index contributed by atoms with van der Waals surface area (Å²) in [6.07, 6.45) is 2.68. The van der Waals surface area contributed by atoms with Crippen LogP contribution in [0.2, 0.25) is 0 Å². The van der Waals surface area contributed by atoms with Crippen molar-refractivity contribution in [1.82, 2.24) is 4.90 Å². The highest BCUT2D eigenvalue weighted by atomic mass is 19.1. The third kappa shape index (κ3) is 3.65. The second kappa shape index (κ2) is 8.63. The molecule has 5 heteroatoms. The van der Waals surface area contributed by atoms with Gasteiger partial charge in [-0.1, -0.05) is 60.7 Å². The van der Waals surface area contributed by atoms with Crippen molar-refractivity contribution < 1.29 is 18.7 Å².